The Labute approximate surface area is 181 Å². The minimum atomic E-state index is 0.0485. The maximum atomic E-state index is 13.0. The van der Waals surface area contributed by atoms with Crippen LogP contribution in [-0.4, -0.2) is 61.0 Å². The van der Waals surface area contributed by atoms with Crippen LogP contribution < -0.4 is 9.80 Å². The Morgan fingerprint density at radius 1 is 0.933 bits per heavy atom. The summed E-state index contributed by atoms with van der Waals surface area (Å²) in [7, 11) is 3.88. The zero-order valence-electron chi connectivity index (χ0n) is 17.1. The molecule has 1 fully saturated rings. The molecule has 0 unspecified atom stereocenters. The molecular formula is C23H24ClN5O. The van der Waals surface area contributed by atoms with Crippen LogP contribution >= 0.6 is 11.6 Å². The first-order valence-corrected chi connectivity index (χ1v) is 10.3. The lowest BCUT2D eigenvalue weighted by atomic mass is 10.1. The number of nitrogens with zero attached hydrogens (tertiary/aromatic N) is 5. The fourth-order valence-corrected chi connectivity index (χ4v) is 3.93. The molecule has 1 saturated heterocycles. The van der Waals surface area contributed by atoms with E-state index in [2.05, 4.69) is 14.9 Å². The van der Waals surface area contributed by atoms with Gasteiger partial charge in [0.25, 0.3) is 5.91 Å². The van der Waals surface area contributed by atoms with Crippen LogP contribution in [0.2, 0.25) is 5.02 Å². The van der Waals surface area contributed by atoms with Gasteiger partial charge in [0.15, 0.2) is 5.82 Å². The predicted octanol–water partition coefficient (Wildman–Crippen LogP) is 3.83. The molecule has 30 heavy (non-hydrogen) atoms. The van der Waals surface area contributed by atoms with Crippen molar-refractivity contribution in [3.05, 3.63) is 71.5 Å². The third-order valence-corrected chi connectivity index (χ3v) is 5.59. The van der Waals surface area contributed by atoms with Gasteiger partial charge in [-0.05, 0) is 24.3 Å². The second-order valence-corrected chi connectivity index (χ2v) is 7.84. The van der Waals surface area contributed by atoms with Crippen LogP contribution in [-0.2, 0) is 0 Å². The van der Waals surface area contributed by atoms with Crippen LogP contribution in [0.25, 0.3) is 11.3 Å². The number of carbonyl (C=O) groups is 1. The van der Waals surface area contributed by atoms with Gasteiger partial charge in [-0.25, -0.2) is 4.98 Å². The van der Waals surface area contributed by atoms with Gasteiger partial charge in [-0.1, -0.05) is 35.9 Å². The quantitative estimate of drug-likeness (QED) is 0.640. The van der Waals surface area contributed by atoms with Gasteiger partial charge < -0.3 is 14.7 Å². The summed E-state index contributed by atoms with van der Waals surface area (Å²) in [5, 5.41) is 0.744. The molecule has 2 aromatic carbocycles. The van der Waals surface area contributed by atoms with Gasteiger partial charge in [0.2, 0.25) is 0 Å². The topological polar surface area (TPSA) is 52.6 Å². The minimum absolute atomic E-state index is 0.0485. The number of anilines is 2. The second kappa shape index (κ2) is 8.71. The van der Waals surface area contributed by atoms with E-state index < -0.39 is 0 Å². The third-order valence-electron chi connectivity index (χ3n) is 5.27. The van der Waals surface area contributed by atoms with E-state index in [9.17, 15) is 4.79 Å². The Kier molecular flexibility index (Phi) is 5.86. The number of halogens is 1. The summed E-state index contributed by atoms with van der Waals surface area (Å²) in [5.41, 5.74) is 3.44. The van der Waals surface area contributed by atoms with Gasteiger partial charge >= 0.3 is 0 Å². The summed E-state index contributed by atoms with van der Waals surface area (Å²) in [6.07, 6.45) is 3.36. The molecule has 0 spiro atoms. The van der Waals surface area contributed by atoms with Gasteiger partial charge in [-0.2, -0.15) is 0 Å². The number of benzene rings is 2. The first-order chi connectivity index (χ1) is 14.5. The van der Waals surface area contributed by atoms with E-state index in [1.807, 2.05) is 72.4 Å². The highest BCUT2D eigenvalue weighted by Crippen LogP contribution is 2.27. The lowest BCUT2D eigenvalue weighted by Gasteiger charge is -2.36. The number of piperazine rings is 1. The third kappa shape index (κ3) is 4.09. The molecule has 0 N–H and O–H groups in total. The number of amides is 1. The van der Waals surface area contributed by atoms with Crippen molar-refractivity contribution in [3.63, 3.8) is 0 Å². The normalized spacial score (nSPS) is 14.0. The number of aromatic nitrogens is 2. The highest BCUT2D eigenvalue weighted by molar-refractivity contribution is 6.33. The maximum Gasteiger partial charge on any atom is 0.253 e. The molecule has 1 aromatic heterocycles. The molecule has 0 saturated carbocycles. The second-order valence-electron chi connectivity index (χ2n) is 7.43. The molecule has 0 bridgehead atoms. The summed E-state index contributed by atoms with van der Waals surface area (Å²) in [6, 6.07) is 15.4. The molecule has 1 aliphatic heterocycles. The van der Waals surface area contributed by atoms with Crippen molar-refractivity contribution in [2.24, 2.45) is 0 Å². The first-order valence-electron chi connectivity index (χ1n) is 9.92. The Morgan fingerprint density at radius 3 is 2.27 bits per heavy atom. The Bertz CT molecular complexity index is 1030. The van der Waals surface area contributed by atoms with Crippen molar-refractivity contribution >= 4 is 29.0 Å². The van der Waals surface area contributed by atoms with Crippen LogP contribution in [0, 0.1) is 0 Å². The fraction of sp³-hybridized carbons (Fsp3) is 0.261. The van der Waals surface area contributed by atoms with Gasteiger partial charge in [0.1, 0.15) is 5.69 Å². The Hall–Kier alpha value is -3.12. The number of hydrogen-bond donors (Lipinski definition) is 0. The Balaban J connectivity index is 1.45. The molecule has 4 rings (SSSR count). The molecule has 0 radical (unpaired) electrons. The van der Waals surface area contributed by atoms with Crippen LogP contribution in [0.3, 0.4) is 0 Å². The largest absolute Gasteiger partial charge is 0.367 e. The maximum absolute atomic E-state index is 13.0. The zero-order chi connectivity index (χ0) is 21.1. The van der Waals surface area contributed by atoms with Crippen molar-refractivity contribution in [2.45, 2.75) is 0 Å². The molecule has 1 aliphatic rings. The monoisotopic (exact) mass is 421 g/mol. The average Bonchev–Trinajstić information content (AvgIpc) is 2.79. The van der Waals surface area contributed by atoms with Crippen molar-refractivity contribution in [2.75, 3.05) is 50.1 Å². The average molecular weight is 422 g/mol. The number of rotatable bonds is 4. The van der Waals surface area contributed by atoms with Gasteiger partial charge in [-0.15, -0.1) is 0 Å². The van der Waals surface area contributed by atoms with Crippen molar-refractivity contribution in [1.29, 1.82) is 0 Å². The molecule has 6 nitrogen and oxygen atoms in total. The van der Waals surface area contributed by atoms with Crippen molar-refractivity contribution in [3.8, 4) is 11.3 Å². The van der Waals surface area contributed by atoms with E-state index >= 15 is 0 Å². The highest BCUT2D eigenvalue weighted by atomic mass is 35.5. The van der Waals surface area contributed by atoms with E-state index in [1.165, 1.54) is 0 Å². The SMILES string of the molecule is CN(C)c1nccnc1-c1ccc(C(=O)N2CCN(c3ccccc3Cl)CC2)cc1. The van der Waals surface area contributed by atoms with E-state index in [1.54, 1.807) is 12.4 Å². The predicted molar refractivity (Wildman–Crippen MR) is 121 cm³/mol. The van der Waals surface area contributed by atoms with E-state index in [0.717, 1.165) is 40.9 Å². The highest BCUT2D eigenvalue weighted by Gasteiger charge is 2.23. The van der Waals surface area contributed by atoms with Crippen molar-refractivity contribution in [1.82, 2.24) is 14.9 Å². The molecule has 154 valence electrons. The number of carbonyl (C=O) groups excluding carboxylic acids is 1. The molecule has 7 heteroatoms. The van der Waals surface area contributed by atoms with Gasteiger partial charge in [0.05, 0.1) is 10.7 Å². The van der Waals surface area contributed by atoms with Crippen LogP contribution in [0.1, 0.15) is 10.4 Å². The minimum Gasteiger partial charge on any atom is -0.367 e. The van der Waals surface area contributed by atoms with Crippen LogP contribution in [0.4, 0.5) is 11.5 Å². The molecule has 0 aliphatic carbocycles. The summed E-state index contributed by atoms with van der Waals surface area (Å²) in [6.45, 7) is 2.86. The van der Waals surface area contributed by atoms with E-state index in [0.29, 0.717) is 18.7 Å². The van der Waals surface area contributed by atoms with Crippen LogP contribution in [0.15, 0.2) is 60.9 Å². The number of hydrogen-bond acceptors (Lipinski definition) is 5. The molecule has 2 heterocycles. The van der Waals surface area contributed by atoms with E-state index in [-0.39, 0.29) is 5.91 Å². The lowest BCUT2D eigenvalue weighted by Crippen LogP contribution is -2.48. The summed E-state index contributed by atoms with van der Waals surface area (Å²) in [4.78, 5) is 27.9. The Morgan fingerprint density at radius 2 is 1.60 bits per heavy atom. The lowest BCUT2D eigenvalue weighted by molar-refractivity contribution is 0.0747. The van der Waals surface area contributed by atoms with E-state index in [4.69, 9.17) is 11.6 Å². The summed E-state index contributed by atoms with van der Waals surface area (Å²) < 4.78 is 0. The summed E-state index contributed by atoms with van der Waals surface area (Å²) >= 11 is 6.31. The number of para-hydroxylation sites is 1. The molecular weight excluding hydrogens is 398 g/mol. The zero-order valence-corrected chi connectivity index (χ0v) is 17.9. The standard InChI is InChI=1S/C23H24ClN5O/c1-27(2)22-21(25-11-12-26-22)17-7-9-18(10-8-17)23(30)29-15-13-28(14-16-29)20-6-4-3-5-19(20)24/h3-12H,13-16H2,1-2H3. The molecule has 1 amide bonds. The fourth-order valence-electron chi connectivity index (χ4n) is 3.67. The van der Waals surface area contributed by atoms with Gasteiger partial charge in [-0.3, -0.25) is 9.78 Å². The smallest absolute Gasteiger partial charge is 0.253 e. The van der Waals surface area contributed by atoms with Gasteiger partial charge in [0, 0.05) is 63.8 Å². The first kappa shape index (κ1) is 20.2. The molecule has 3 aromatic rings. The summed E-state index contributed by atoms with van der Waals surface area (Å²) in [5.74, 6) is 0.847. The van der Waals surface area contributed by atoms with Crippen molar-refractivity contribution < 1.29 is 4.79 Å². The molecule has 0 atom stereocenters. The van der Waals surface area contributed by atoms with Crippen LogP contribution in [0.5, 0.6) is 0 Å².